The molecule has 0 unspecified atom stereocenters. The Morgan fingerprint density at radius 3 is 2.76 bits per heavy atom. The van der Waals surface area contributed by atoms with Gasteiger partial charge in [-0.25, -0.2) is 4.98 Å². The Bertz CT molecular complexity index is 1090. The summed E-state index contributed by atoms with van der Waals surface area (Å²) in [5, 5.41) is 3.40. The lowest BCUT2D eigenvalue weighted by Crippen LogP contribution is -2.13. The molecule has 0 fully saturated rings. The maximum absolute atomic E-state index is 12.2. The normalized spacial score (nSPS) is 13.2. The highest BCUT2D eigenvalue weighted by Crippen LogP contribution is 2.22. The van der Waals surface area contributed by atoms with E-state index < -0.39 is 0 Å². The molecule has 2 aromatic carbocycles. The Morgan fingerprint density at radius 1 is 1.24 bits per heavy atom. The minimum Gasteiger partial charge on any atom is -0.317 e. The first-order valence-corrected chi connectivity index (χ1v) is 7.08. The van der Waals surface area contributed by atoms with E-state index in [9.17, 15) is 4.79 Å². The molecule has 0 aliphatic carbocycles. The number of H-pyrrole nitrogens is 1. The summed E-state index contributed by atoms with van der Waals surface area (Å²) >= 11 is 0. The van der Waals surface area contributed by atoms with E-state index in [0.717, 1.165) is 27.0 Å². The van der Waals surface area contributed by atoms with E-state index in [1.807, 2.05) is 28.8 Å². The van der Waals surface area contributed by atoms with E-state index in [1.165, 1.54) is 0 Å². The molecule has 0 amide bonds. The molecule has 1 N–H and O–H groups in total. The van der Waals surface area contributed by atoms with Crippen LogP contribution in [0.1, 0.15) is 13.8 Å². The SMILES string of the molecule is CC(C)C=c1c2ccccc2c2[nH]c(=O)c3nccn3c12. The molecule has 21 heavy (non-hydrogen) atoms. The molecular weight excluding hydrogens is 262 g/mol. The quantitative estimate of drug-likeness (QED) is 0.581. The average Bonchev–Trinajstić information content (AvgIpc) is 3.04. The van der Waals surface area contributed by atoms with Crippen LogP contribution in [0.25, 0.3) is 33.5 Å². The van der Waals surface area contributed by atoms with Crippen molar-refractivity contribution in [1.82, 2.24) is 14.4 Å². The lowest BCUT2D eigenvalue weighted by molar-refractivity contribution is 0.882. The van der Waals surface area contributed by atoms with Gasteiger partial charge in [-0.2, -0.15) is 0 Å². The van der Waals surface area contributed by atoms with Crippen molar-refractivity contribution in [3.63, 3.8) is 0 Å². The van der Waals surface area contributed by atoms with Crippen molar-refractivity contribution in [3.8, 4) is 0 Å². The summed E-state index contributed by atoms with van der Waals surface area (Å²) < 4.78 is 1.89. The second-order valence-corrected chi connectivity index (χ2v) is 5.67. The van der Waals surface area contributed by atoms with Gasteiger partial charge in [-0.1, -0.05) is 44.2 Å². The molecule has 0 atom stereocenters. The second kappa shape index (κ2) is 4.19. The minimum atomic E-state index is -0.153. The second-order valence-electron chi connectivity index (χ2n) is 5.67. The van der Waals surface area contributed by atoms with E-state index in [0.29, 0.717) is 11.6 Å². The van der Waals surface area contributed by atoms with Crippen molar-refractivity contribution in [2.45, 2.75) is 13.8 Å². The topological polar surface area (TPSA) is 50.2 Å². The summed E-state index contributed by atoms with van der Waals surface area (Å²) in [4.78, 5) is 19.3. The maximum Gasteiger partial charge on any atom is 0.292 e. The number of fused-ring (bicyclic) bond motifs is 5. The molecule has 0 spiro atoms. The van der Waals surface area contributed by atoms with Crippen molar-refractivity contribution >= 4 is 33.5 Å². The molecule has 4 heteroatoms. The first kappa shape index (κ1) is 12.1. The van der Waals surface area contributed by atoms with Crippen molar-refractivity contribution in [2.24, 2.45) is 5.92 Å². The van der Waals surface area contributed by atoms with Gasteiger partial charge in [0.15, 0.2) is 0 Å². The fraction of sp³-hybridized carbons (Fsp3) is 0.176. The van der Waals surface area contributed by atoms with Crippen LogP contribution in [0.2, 0.25) is 0 Å². The number of nitrogens with one attached hydrogen (secondary N) is 1. The van der Waals surface area contributed by atoms with Gasteiger partial charge >= 0.3 is 0 Å². The van der Waals surface area contributed by atoms with E-state index in [-0.39, 0.29) is 5.56 Å². The van der Waals surface area contributed by atoms with Gasteiger partial charge in [0.2, 0.25) is 5.65 Å². The van der Waals surface area contributed by atoms with Crippen molar-refractivity contribution in [3.05, 3.63) is 52.2 Å². The van der Waals surface area contributed by atoms with Crippen LogP contribution >= 0.6 is 0 Å². The molecule has 4 aromatic rings. The van der Waals surface area contributed by atoms with Crippen molar-refractivity contribution < 1.29 is 0 Å². The van der Waals surface area contributed by atoms with Crippen LogP contribution in [-0.4, -0.2) is 14.4 Å². The van der Waals surface area contributed by atoms with Crippen LogP contribution in [0.4, 0.5) is 0 Å². The van der Waals surface area contributed by atoms with Crippen LogP contribution < -0.4 is 10.8 Å². The van der Waals surface area contributed by atoms with Gasteiger partial charge in [0.25, 0.3) is 5.56 Å². The van der Waals surface area contributed by atoms with Gasteiger partial charge < -0.3 is 4.98 Å². The van der Waals surface area contributed by atoms with Gasteiger partial charge in [-0.05, 0) is 11.3 Å². The van der Waals surface area contributed by atoms with E-state index in [4.69, 9.17) is 0 Å². The monoisotopic (exact) mass is 277 g/mol. The Hall–Kier alpha value is -2.62. The molecule has 4 rings (SSSR count). The lowest BCUT2D eigenvalue weighted by Gasteiger charge is -1.98. The summed E-state index contributed by atoms with van der Waals surface area (Å²) in [6, 6.07) is 8.18. The van der Waals surface area contributed by atoms with Crippen LogP contribution in [0.15, 0.2) is 41.5 Å². The maximum atomic E-state index is 12.2. The number of imidazole rings is 1. The van der Waals surface area contributed by atoms with Gasteiger partial charge in [0, 0.05) is 23.0 Å². The van der Waals surface area contributed by atoms with Crippen LogP contribution in [-0.2, 0) is 0 Å². The predicted molar refractivity (Wildman–Crippen MR) is 85.3 cm³/mol. The van der Waals surface area contributed by atoms with Crippen LogP contribution in [0.3, 0.4) is 0 Å². The highest BCUT2D eigenvalue weighted by Gasteiger charge is 2.13. The van der Waals surface area contributed by atoms with Crippen molar-refractivity contribution in [2.75, 3.05) is 0 Å². The number of nitrogens with zero attached hydrogens (tertiary/aromatic N) is 2. The van der Waals surface area contributed by atoms with Gasteiger partial charge in [0.1, 0.15) is 0 Å². The molecular formula is C17H15N3O. The minimum absolute atomic E-state index is 0.153. The molecule has 0 bridgehead atoms. The highest BCUT2D eigenvalue weighted by molar-refractivity contribution is 6.09. The fourth-order valence-electron chi connectivity index (χ4n) is 3.03. The zero-order valence-corrected chi connectivity index (χ0v) is 11.9. The first-order chi connectivity index (χ1) is 10.2. The molecule has 0 radical (unpaired) electrons. The van der Waals surface area contributed by atoms with Gasteiger partial charge in [0.05, 0.1) is 11.0 Å². The van der Waals surface area contributed by atoms with Gasteiger partial charge in [-0.3, -0.25) is 9.20 Å². The third-order valence-electron chi connectivity index (χ3n) is 3.80. The molecule has 104 valence electrons. The molecule has 0 saturated heterocycles. The standard InChI is InChI=1S/C17H15N3O/c1-10(2)9-13-11-5-3-4-6-12(11)14-15(13)20-8-7-18-16(20)17(21)19-14/h3-10H,1-2H3,(H,19,21). The lowest BCUT2D eigenvalue weighted by atomic mass is 10.1. The number of aromatic nitrogens is 3. The molecule has 0 saturated carbocycles. The summed E-state index contributed by atoms with van der Waals surface area (Å²) in [6.07, 6.45) is 5.76. The Labute approximate surface area is 120 Å². The number of hydrogen-bond acceptors (Lipinski definition) is 2. The summed E-state index contributed by atoms with van der Waals surface area (Å²) in [7, 11) is 0. The Balaban J connectivity index is 2.43. The van der Waals surface area contributed by atoms with E-state index in [1.54, 1.807) is 6.20 Å². The molecule has 0 aliphatic rings. The van der Waals surface area contributed by atoms with E-state index >= 15 is 0 Å². The zero-order valence-electron chi connectivity index (χ0n) is 11.9. The van der Waals surface area contributed by atoms with Gasteiger partial charge in [-0.15, -0.1) is 0 Å². The first-order valence-electron chi connectivity index (χ1n) is 7.08. The molecule has 0 aliphatic heterocycles. The fourth-order valence-corrected chi connectivity index (χ4v) is 3.03. The average molecular weight is 277 g/mol. The predicted octanol–water partition coefficient (Wildman–Crippen LogP) is 2.48. The molecule has 4 nitrogen and oxygen atoms in total. The van der Waals surface area contributed by atoms with Crippen molar-refractivity contribution in [1.29, 1.82) is 0 Å². The Morgan fingerprint density at radius 2 is 2.00 bits per heavy atom. The third-order valence-corrected chi connectivity index (χ3v) is 3.80. The number of hydrogen-bond donors (Lipinski definition) is 1. The number of rotatable bonds is 1. The summed E-state index contributed by atoms with van der Waals surface area (Å²) in [6.45, 7) is 4.31. The number of aromatic amines is 1. The van der Waals surface area contributed by atoms with Crippen LogP contribution in [0.5, 0.6) is 0 Å². The zero-order chi connectivity index (χ0) is 14.6. The third kappa shape index (κ3) is 1.62. The summed E-state index contributed by atoms with van der Waals surface area (Å²) in [5.41, 5.74) is 2.19. The smallest absolute Gasteiger partial charge is 0.292 e. The molecule has 2 aromatic heterocycles. The van der Waals surface area contributed by atoms with Crippen LogP contribution in [0, 0.1) is 5.92 Å². The number of benzene rings is 1. The largest absolute Gasteiger partial charge is 0.317 e. The highest BCUT2D eigenvalue weighted by atomic mass is 16.1. The summed E-state index contributed by atoms with van der Waals surface area (Å²) in [5.74, 6) is 0.421. The Kier molecular flexibility index (Phi) is 2.42. The molecule has 2 heterocycles. The van der Waals surface area contributed by atoms with E-state index in [2.05, 4.69) is 36.0 Å².